The van der Waals surface area contributed by atoms with Crippen molar-refractivity contribution in [3.63, 3.8) is 0 Å². The Labute approximate surface area is 116 Å². The lowest BCUT2D eigenvalue weighted by molar-refractivity contribution is 0.404. The lowest BCUT2D eigenvalue weighted by Crippen LogP contribution is -2.34. The summed E-state index contributed by atoms with van der Waals surface area (Å²) < 4.78 is 40.1. The van der Waals surface area contributed by atoms with E-state index in [9.17, 15) is 13.2 Å². The summed E-state index contributed by atoms with van der Waals surface area (Å²) in [6, 6.07) is 8.33. The maximum Gasteiger partial charge on any atom is 0.128 e. The molecule has 2 rings (SSSR count). The van der Waals surface area contributed by atoms with Crippen molar-refractivity contribution in [2.45, 2.75) is 25.3 Å². The summed E-state index contributed by atoms with van der Waals surface area (Å²) in [5.41, 5.74) is 6.32. The van der Waals surface area contributed by atoms with Crippen LogP contribution in [0.4, 0.5) is 13.2 Å². The minimum absolute atomic E-state index is 0.110. The number of hydrogen-bond acceptors (Lipinski definition) is 1. The minimum Gasteiger partial charge on any atom is -0.323 e. The predicted molar refractivity (Wildman–Crippen MR) is 72.7 cm³/mol. The Kier molecular flexibility index (Phi) is 3.86. The Morgan fingerprint density at radius 1 is 0.900 bits per heavy atom. The van der Waals surface area contributed by atoms with Gasteiger partial charge >= 0.3 is 0 Å². The van der Waals surface area contributed by atoms with Crippen LogP contribution in [0, 0.1) is 17.5 Å². The number of hydrogen-bond donors (Lipinski definition) is 1. The molecular formula is C16H16F3N. The van der Waals surface area contributed by atoms with Gasteiger partial charge in [-0.15, -0.1) is 0 Å². The van der Waals surface area contributed by atoms with Crippen molar-refractivity contribution >= 4 is 0 Å². The molecule has 0 saturated heterocycles. The zero-order valence-electron chi connectivity index (χ0n) is 11.3. The van der Waals surface area contributed by atoms with E-state index in [-0.39, 0.29) is 11.4 Å². The van der Waals surface area contributed by atoms with Crippen molar-refractivity contribution in [2.75, 3.05) is 0 Å². The van der Waals surface area contributed by atoms with E-state index in [1.54, 1.807) is 12.1 Å². The van der Waals surface area contributed by atoms with Gasteiger partial charge in [0.25, 0.3) is 0 Å². The van der Waals surface area contributed by atoms with E-state index in [0.29, 0.717) is 0 Å². The van der Waals surface area contributed by atoms with Crippen LogP contribution < -0.4 is 5.73 Å². The van der Waals surface area contributed by atoms with Crippen LogP contribution in [0.1, 0.15) is 31.0 Å². The van der Waals surface area contributed by atoms with Crippen LogP contribution in [0.2, 0.25) is 0 Å². The third-order valence-corrected chi connectivity index (χ3v) is 3.66. The summed E-state index contributed by atoms with van der Waals surface area (Å²) in [7, 11) is 0. The molecule has 0 aliphatic heterocycles. The predicted octanol–water partition coefficient (Wildman–Crippen LogP) is 4.08. The Morgan fingerprint density at radius 3 is 2.05 bits per heavy atom. The highest BCUT2D eigenvalue weighted by molar-refractivity contribution is 5.32. The SMILES string of the molecule is CC(C)(c1ccc(F)cc1)C(N)c1cc(F)ccc1F. The highest BCUT2D eigenvalue weighted by Crippen LogP contribution is 2.36. The van der Waals surface area contributed by atoms with Gasteiger partial charge in [-0.1, -0.05) is 26.0 Å². The zero-order chi connectivity index (χ0) is 14.9. The van der Waals surface area contributed by atoms with Crippen molar-refractivity contribution in [1.29, 1.82) is 0 Å². The molecule has 2 N–H and O–H groups in total. The third-order valence-electron chi connectivity index (χ3n) is 3.66. The maximum atomic E-state index is 13.8. The number of rotatable bonds is 3. The molecule has 0 aromatic heterocycles. The van der Waals surface area contributed by atoms with E-state index >= 15 is 0 Å². The van der Waals surface area contributed by atoms with Gasteiger partial charge in [-0.05, 0) is 35.9 Å². The lowest BCUT2D eigenvalue weighted by atomic mass is 9.75. The fraction of sp³-hybridized carbons (Fsp3) is 0.250. The quantitative estimate of drug-likeness (QED) is 0.900. The van der Waals surface area contributed by atoms with Gasteiger partial charge in [0.2, 0.25) is 0 Å². The first-order valence-corrected chi connectivity index (χ1v) is 6.29. The monoisotopic (exact) mass is 279 g/mol. The van der Waals surface area contributed by atoms with Crippen LogP contribution in [0.3, 0.4) is 0 Å². The molecule has 4 heteroatoms. The molecule has 0 amide bonds. The fourth-order valence-corrected chi connectivity index (χ4v) is 2.20. The van der Waals surface area contributed by atoms with E-state index in [0.717, 1.165) is 23.8 Å². The largest absolute Gasteiger partial charge is 0.323 e. The average Bonchev–Trinajstić information content (AvgIpc) is 2.41. The molecule has 0 aliphatic rings. The Balaban J connectivity index is 2.42. The van der Waals surface area contributed by atoms with Gasteiger partial charge in [-0.3, -0.25) is 0 Å². The Bertz CT molecular complexity index is 606. The molecular weight excluding hydrogens is 263 g/mol. The topological polar surface area (TPSA) is 26.0 Å². The van der Waals surface area contributed by atoms with Crippen LogP contribution in [-0.4, -0.2) is 0 Å². The first kappa shape index (κ1) is 14.6. The van der Waals surface area contributed by atoms with Gasteiger partial charge in [0.1, 0.15) is 17.5 Å². The molecule has 2 aromatic carbocycles. The smallest absolute Gasteiger partial charge is 0.128 e. The van der Waals surface area contributed by atoms with E-state index in [2.05, 4.69) is 0 Å². The van der Waals surface area contributed by atoms with Gasteiger partial charge in [-0.2, -0.15) is 0 Å². The van der Waals surface area contributed by atoms with Crippen LogP contribution in [-0.2, 0) is 5.41 Å². The van der Waals surface area contributed by atoms with Crippen molar-refractivity contribution in [3.8, 4) is 0 Å². The average molecular weight is 279 g/mol. The van der Waals surface area contributed by atoms with Gasteiger partial charge in [-0.25, -0.2) is 13.2 Å². The van der Waals surface area contributed by atoms with E-state index in [1.165, 1.54) is 12.1 Å². The minimum atomic E-state index is -0.747. The first-order valence-electron chi connectivity index (χ1n) is 6.29. The van der Waals surface area contributed by atoms with Crippen LogP contribution in [0.25, 0.3) is 0 Å². The van der Waals surface area contributed by atoms with E-state index in [4.69, 9.17) is 5.73 Å². The number of nitrogens with two attached hydrogens (primary N) is 1. The first-order chi connectivity index (χ1) is 9.32. The summed E-state index contributed by atoms with van der Waals surface area (Å²) in [6.45, 7) is 3.63. The lowest BCUT2D eigenvalue weighted by Gasteiger charge is -2.32. The number of halogens is 3. The summed E-state index contributed by atoms with van der Waals surface area (Å²) in [6.07, 6.45) is 0. The summed E-state index contributed by atoms with van der Waals surface area (Å²) in [5, 5.41) is 0. The summed E-state index contributed by atoms with van der Waals surface area (Å²) in [5.74, 6) is -1.43. The van der Waals surface area contributed by atoms with Crippen molar-refractivity contribution < 1.29 is 13.2 Å². The van der Waals surface area contributed by atoms with Gasteiger partial charge in [0.15, 0.2) is 0 Å². The van der Waals surface area contributed by atoms with Gasteiger partial charge < -0.3 is 5.73 Å². The highest BCUT2D eigenvalue weighted by Gasteiger charge is 2.31. The molecule has 0 heterocycles. The standard InChI is InChI=1S/C16H16F3N/c1-16(2,10-3-5-11(17)6-4-10)15(20)13-9-12(18)7-8-14(13)19/h3-9,15H,20H2,1-2H3. The second kappa shape index (κ2) is 5.29. The number of benzene rings is 2. The molecule has 0 fully saturated rings. The van der Waals surface area contributed by atoms with E-state index in [1.807, 2.05) is 13.8 Å². The van der Waals surface area contributed by atoms with Crippen LogP contribution >= 0.6 is 0 Å². The van der Waals surface area contributed by atoms with E-state index < -0.39 is 23.1 Å². The van der Waals surface area contributed by atoms with Gasteiger partial charge in [0, 0.05) is 17.0 Å². The molecule has 0 spiro atoms. The molecule has 2 aromatic rings. The third kappa shape index (κ3) is 2.70. The molecule has 0 bridgehead atoms. The maximum absolute atomic E-state index is 13.8. The molecule has 1 nitrogen and oxygen atoms in total. The molecule has 106 valence electrons. The molecule has 0 radical (unpaired) electrons. The molecule has 0 saturated carbocycles. The zero-order valence-corrected chi connectivity index (χ0v) is 11.3. The van der Waals surface area contributed by atoms with Crippen molar-refractivity contribution in [3.05, 3.63) is 71.0 Å². The van der Waals surface area contributed by atoms with Crippen molar-refractivity contribution in [1.82, 2.24) is 0 Å². The second-order valence-electron chi connectivity index (χ2n) is 5.37. The second-order valence-corrected chi connectivity index (χ2v) is 5.37. The molecule has 1 unspecified atom stereocenters. The molecule has 0 aliphatic carbocycles. The Hall–Kier alpha value is -1.81. The van der Waals surface area contributed by atoms with Crippen molar-refractivity contribution in [2.24, 2.45) is 5.73 Å². The summed E-state index contributed by atoms with van der Waals surface area (Å²) >= 11 is 0. The normalized spacial score (nSPS) is 13.3. The van der Waals surface area contributed by atoms with Gasteiger partial charge in [0.05, 0.1) is 0 Å². The Morgan fingerprint density at radius 2 is 1.45 bits per heavy atom. The molecule has 20 heavy (non-hydrogen) atoms. The molecule has 1 atom stereocenters. The highest BCUT2D eigenvalue weighted by atomic mass is 19.1. The van der Waals surface area contributed by atoms with Crippen LogP contribution in [0.5, 0.6) is 0 Å². The van der Waals surface area contributed by atoms with Crippen LogP contribution in [0.15, 0.2) is 42.5 Å². The fourth-order valence-electron chi connectivity index (χ4n) is 2.20. The summed E-state index contributed by atoms with van der Waals surface area (Å²) in [4.78, 5) is 0.